The molecule has 0 aliphatic rings. The molecule has 0 heterocycles. The van der Waals surface area contributed by atoms with E-state index < -0.39 is 5.91 Å². The van der Waals surface area contributed by atoms with Crippen LogP contribution in [0.4, 0.5) is 0 Å². The van der Waals surface area contributed by atoms with Crippen LogP contribution in [-0.4, -0.2) is 18.4 Å². The maximum Gasteiger partial charge on any atom is 0.248 e. The predicted octanol–water partition coefficient (Wildman–Crippen LogP) is 1.97. The maximum atomic E-state index is 11.6. The number of benzene rings is 2. The molecular weight excluding hydrogens is 288 g/mol. The van der Waals surface area contributed by atoms with E-state index in [-0.39, 0.29) is 12.5 Å². The molecule has 0 fully saturated rings. The second kappa shape index (κ2) is 8.20. The first-order valence-electron chi connectivity index (χ1n) is 7.05. The van der Waals surface area contributed by atoms with Crippen LogP contribution in [0.25, 0.3) is 6.08 Å². The normalized spacial score (nSPS) is 9.91. The van der Waals surface area contributed by atoms with Gasteiger partial charge in [-0.1, -0.05) is 42.2 Å². The summed E-state index contributed by atoms with van der Waals surface area (Å²) in [6, 6.07) is 16.2. The van der Waals surface area contributed by atoms with Crippen LogP contribution >= 0.6 is 0 Å². The highest BCUT2D eigenvalue weighted by Crippen LogP contribution is 2.02. The van der Waals surface area contributed by atoms with E-state index in [9.17, 15) is 9.59 Å². The summed E-state index contributed by atoms with van der Waals surface area (Å²) in [5.41, 5.74) is 7.32. The SMILES string of the molecule is NC(=O)c1ccc(C#CCNC(=O)/C=C/c2ccccc2)cc1. The fourth-order valence-electron chi connectivity index (χ4n) is 1.79. The topological polar surface area (TPSA) is 72.2 Å². The monoisotopic (exact) mass is 304 g/mol. The van der Waals surface area contributed by atoms with Gasteiger partial charge in [0.15, 0.2) is 0 Å². The Morgan fingerprint density at radius 1 is 1.04 bits per heavy atom. The van der Waals surface area contributed by atoms with Crippen molar-refractivity contribution in [2.75, 3.05) is 6.54 Å². The van der Waals surface area contributed by atoms with Crippen molar-refractivity contribution in [1.82, 2.24) is 5.32 Å². The molecule has 0 atom stereocenters. The van der Waals surface area contributed by atoms with Crippen molar-refractivity contribution in [3.05, 3.63) is 77.4 Å². The number of nitrogens with two attached hydrogens (primary N) is 1. The molecule has 4 nitrogen and oxygen atoms in total. The number of rotatable bonds is 4. The van der Waals surface area contributed by atoms with Gasteiger partial charge in [-0.25, -0.2) is 0 Å². The molecule has 3 N–H and O–H groups in total. The number of hydrogen-bond acceptors (Lipinski definition) is 2. The van der Waals surface area contributed by atoms with Crippen LogP contribution in [0, 0.1) is 11.8 Å². The number of nitrogens with one attached hydrogen (secondary N) is 1. The third-order valence-electron chi connectivity index (χ3n) is 2.98. The predicted molar refractivity (Wildman–Crippen MR) is 90.3 cm³/mol. The summed E-state index contributed by atoms with van der Waals surface area (Å²) in [5.74, 6) is 5.07. The van der Waals surface area contributed by atoms with Crippen LogP contribution in [0.2, 0.25) is 0 Å². The minimum absolute atomic E-state index is 0.202. The largest absolute Gasteiger partial charge is 0.366 e. The van der Waals surface area contributed by atoms with Gasteiger partial charge in [0.1, 0.15) is 0 Å². The zero-order valence-electron chi connectivity index (χ0n) is 12.5. The third kappa shape index (κ3) is 5.52. The summed E-state index contributed by atoms with van der Waals surface area (Å²) in [7, 11) is 0. The molecule has 0 aliphatic heterocycles. The quantitative estimate of drug-likeness (QED) is 0.669. The van der Waals surface area contributed by atoms with E-state index in [2.05, 4.69) is 17.2 Å². The van der Waals surface area contributed by atoms with Crippen LogP contribution < -0.4 is 11.1 Å². The average molecular weight is 304 g/mol. The molecule has 0 aromatic heterocycles. The summed E-state index contributed by atoms with van der Waals surface area (Å²) < 4.78 is 0. The summed E-state index contributed by atoms with van der Waals surface area (Å²) in [6.45, 7) is 0.246. The van der Waals surface area contributed by atoms with Gasteiger partial charge >= 0.3 is 0 Å². The molecule has 0 unspecified atom stereocenters. The molecule has 23 heavy (non-hydrogen) atoms. The van der Waals surface area contributed by atoms with Crippen LogP contribution in [0.5, 0.6) is 0 Å². The highest BCUT2D eigenvalue weighted by atomic mass is 16.1. The van der Waals surface area contributed by atoms with Crippen molar-refractivity contribution in [3.63, 3.8) is 0 Å². The van der Waals surface area contributed by atoms with E-state index in [1.54, 1.807) is 30.3 Å². The molecule has 0 bridgehead atoms. The molecule has 0 saturated heterocycles. The third-order valence-corrected chi connectivity index (χ3v) is 2.98. The molecule has 0 saturated carbocycles. The van der Waals surface area contributed by atoms with Gasteiger partial charge in [-0.15, -0.1) is 0 Å². The summed E-state index contributed by atoms with van der Waals surface area (Å²) in [6.07, 6.45) is 3.21. The zero-order chi connectivity index (χ0) is 16.5. The second-order valence-electron chi connectivity index (χ2n) is 4.71. The Bertz CT molecular complexity index is 767. The van der Waals surface area contributed by atoms with Gasteiger partial charge in [-0.3, -0.25) is 9.59 Å². The van der Waals surface area contributed by atoms with Gasteiger partial charge in [0.25, 0.3) is 0 Å². The molecule has 0 spiro atoms. The molecule has 2 rings (SSSR count). The van der Waals surface area contributed by atoms with E-state index in [1.807, 2.05) is 30.3 Å². The van der Waals surface area contributed by atoms with Crippen molar-refractivity contribution < 1.29 is 9.59 Å². The van der Waals surface area contributed by atoms with Crippen molar-refractivity contribution in [1.29, 1.82) is 0 Å². The fraction of sp³-hybridized carbons (Fsp3) is 0.0526. The molecule has 2 aromatic carbocycles. The molecular formula is C19H16N2O2. The second-order valence-corrected chi connectivity index (χ2v) is 4.71. The Kier molecular flexibility index (Phi) is 5.73. The van der Waals surface area contributed by atoms with Gasteiger partial charge in [0, 0.05) is 17.2 Å². The van der Waals surface area contributed by atoms with Crippen LogP contribution in [0.15, 0.2) is 60.7 Å². The Balaban J connectivity index is 1.82. The number of primary amides is 1. The van der Waals surface area contributed by atoms with Gasteiger partial charge in [-0.2, -0.15) is 0 Å². The van der Waals surface area contributed by atoms with Gasteiger partial charge in [0.05, 0.1) is 6.54 Å². The van der Waals surface area contributed by atoms with E-state index >= 15 is 0 Å². The first-order valence-corrected chi connectivity index (χ1v) is 7.05. The van der Waals surface area contributed by atoms with Crippen molar-refractivity contribution >= 4 is 17.9 Å². The summed E-state index contributed by atoms with van der Waals surface area (Å²) in [5, 5.41) is 2.68. The summed E-state index contributed by atoms with van der Waals surface area (Å²) in [4.78, 5) is 22.6. The molecule has 4 heteroatoms. The fourth-order valence-corrected chi connectivity index (χ4v) is 1.79. The lowest BCUT2D eigenvalue weighted by Crippen LogP contribution is -2.20. The van der Waals surface area contributed by atoms with Gasteiger partial charge in [-0.05, 0) is 35.9 Å². The van der Waals surface area contributed by atoms with E-state index in [0.29, 0.717) is 5.56 Å². The highest BCUT2D eigenvalue weighted by Gasteiger charge is 1.97. The minimum atomic E-state index is -0.470. The van der Waals surface area contributed by atoms with Crippen LogP contribution in [-0.2, 0) is 4.79 Å². The van der Waals surface area contributed by atoms with Crippen LogP contribution in [0.1, 0.15) is 21.5 Å². The van der Waals surface area contributed by atoms with Crippen molar-refractivity contribution in [2.24, 2.45) is 5.73 Å². The lowest BCUT2D eigenvalue weighted by molar-refractivity contribution is -0.116. The number of carbonyl (C=O) groups excluding carboxylic acids is 2. The lowest BCUT2D eigenvalue weighted by Gasteiger charge is -1.96. The first kappa shape index (κ1) is 16.1. The smallest absolute Gasteiger partial charge is 0.248 e. The first-order chi connectivity index (χ1) is 11.1. The Labute approximate surface area is 135 Å². The Morgan fingerprint density at radius 2 is 1.74 bits per heavy atom. The van der Waals surface area contributed by atoms with E-state index in [1.165, 1.54) is 6.08 Å². The van der Waals surface area contributed by atoms with Crippen LogP contribution in [0.3, 0.4) is 0 Å². The average Bonchev–Trinajstić information content (AvgIpc) is 2.58. The summed E-state index contributed by atoms with van der Waals surface area (Å²) >= 11 is 0. The maximum absolute atomic E-state index is 11.6. The van der Waals surface area contributed by atoms with E-state index in [4.69, 9.17) is 5.73 Å². The number of hydrogen-bond donors (Lipinski definition) is 2. The molecule has 2 amide bonds. The molecule has 0 aliphatic carbocycles. The van der Waals surface area contributed by atoms with Crippen molar-refractivity contribution in [3.8, 4) is 11.8 Å². The molecule has 114 valence electrons. The standard InChI is InChI=1S/C19H16N2O2/c20-19(23)17-11-8-16(9-12-17)7-4-14-21-18(22)13-10-15-5-2-1-3-6-15/h1-3,5-6,8-13H,14H2,(H2,20,23)(H,21,22)/b13-10+. The lowest BCUT2D eigenvalue weighted by atomic mass is 10.1. The zero-order valence-corrected chi connectivity index (χ0v) is 12.5. The Hall–Kier alpha value is -3.32. The minimum Gasteiger partial charge on any atom is -0.366 e. The molecule has 0 radical (unpaired) electrons. The number of carbonyl (C=O) groups is 2. The number of amides is 2. The van der Waals surface area contributed by atoms with Gasteiger partial charge < -0.3 is 11.1 Å². The van der Waals surface area contributed by atoms with Crippen molar-refractivity contribution in [2.45, 2.75) is 0 Å². The highest BCUT2D eigenvalue weighted by molar-refractivity contribution is 5.93. The molecule has 2 aromatic rings. The van der Waals surface area contributed by atoms with E-state index in [0.717, 1.165) is 11.1 Å². The Morgan fingerprint density at radius 3 is 2.39 bits per heavy atom. The van der Waals surface area contributed by atoms with Gasteiger partial charge in [0.2, 0.25) is 11.8 Å².